The molecule has 0 fully saturated rings. The molecule has 6 nitrogen and oxygen atoms in total. The fraction of sp³-hybridized carbons (Fsp3) is 0.500. The molecule has 0 aromatic carbocycles. The Balaban J connectivity index is 2.30. The predicted molar refractivity (Wildman–Crippen MR) is 80.6 cm³/mol. The van der Waals surface area contributed by atoms with Crippen molar-refractivity contribution >= 4 is 11.6 Å². The van der Waals surface area contributed by atoms with E-state index < -0.39 is 0 Å². The van der Waals surface area contributed by atoms with Gasteiger partial charge in [0.1, 0.15) is 17.5 Å². The van der Waals surface area contributed by atoms with E-state index >= 15 is 0 Å². The number of anilines is 2. The summed E-state index contributed by atoms with van der Waals surface area (Å²) in [4.78, 5) is 11.1. The van der Waals surface area contributed by atoms with Crippen molar-refractivity contribution in [3.63, 3.8) is 0 Å². The standard InChI is InChI=1S/C14H22N6/c1-9(2)13-17-12(15)10(3)14(18-13)19(4)7-11-6-16-20(5)8-11/h6,8-9H,7H2,1-5H3,(H2,15,17,18). The molecule has 2 aromatic rings. The van der Waals surface area contributed by atoms with Crippen LogP contribution in [0.3, 0.4) is 0 Å². The molecule has 0 saturated heterocycles. The highest BCUT2D eigenvalue weighted by molar-refractivity contribution is 5.56. The Morgan fingerprint density at radius 2 is 2.05 bits per heavy atom. The highest BCUT2D eigenvalue weighted by Crippen LogP contribution is 2.24. The molecule has 2 rings (SSSR count). The van der Waals surface area contributed by atoms with Gasteiger partial charge in [0.2, 0.25) is 0 Å². The predicted octanol–water partition coefficient (Wildman–Crippen LogP) is 1.86. The minimum absolute atomic E-state index is 0.253. The molecule has 2 aromatic heterocycles. The van der Waals surface area contributed by atoms with Gasteiger partial charge in [-0.2, -0.15) is 5.10 Å². The third kappa shape index (κ3) is 2.89. The van der Waals surface area contributed by atoms with Crippen LogP contribution in [0.15, 0.2) is 12.4 Å². The van der Waals surface area contributed by atoms with Crippen molar-refractivity contribution in [2.24, 2.45) is 7.05 Å². The molecule has 2 N–H and O–H groups in total. The fourth-order valence-corrected chi connectivity index (χ4v) is 2.07. The summed E-state index contributed by atoms with van der Waals surface area (Å²) in [5.74, 6) is 2.46. The number of nitrogens with two attached hydrogens (primary N) is 1. The first kappa shape index (κ1) is 14.3. The number of nitrogens with zero attached hydrogens (tertiary/aromatic N) is 5. The van der Waals surface area contributed by atoms with Crippen LogP contribution in [0.5, 0.6) is 0 Å². The SMILES string of the molecule is Cc1c(N)nc(C(C)C)nc1N(C)Cc1cnn(C)c1. The van der Waals surface area contributed by atoms with Crippen LogP contribution in [0.25, 0.3) is 0 Å². The normalized spacial score (nSPS) is 11.1. The van der Waals surface area contributed by atoms with Gasteiger partial charge in [-0.25, -0.2) is 9.97 Å². The van der Waals surface area contributed by atoms with E-state index in [1.807, 2.05) is 33.4 Å². The third-order valence-electron chi connectivity index (χ3n) is 3.23. The second-order valence-electron chi connectivity index (χ2n) is 5.45. The van der Waals surface area contributed by atoms with Crippen molar-refractivity contribution in [1.29, 1.82) is 0 Å². The van der Waals surface area contributed by atoms with Crippen LogP contribution in [0.4, 0.5) is 11.6 Å². The first-order valence-corrected chi connectivity index (χ1v) is 6.71. The molecule has 0 amide bonds. The zero-order chi connectivity index (χ0) is 14.9. The number of rotatable bonds is 4. The lowest BCUT2D eigenvalue weighted by atomic mass is 10.2. The number of hydrogen-bond acceptors (Lipinski definition) is 5. The van der Waals surface area contributed by atoms with Gasteiger partial charge in [-0.3, -0.25) is 4.68 Å². The van der Waals surface area contributed by atoms with Gasteiger partial charge < -0.3 is 10.6 Å². The van der Waals surface area contributed by atoms with Crippen LogP contribution in [0, 0.1) is 6.92 Å². The highest BCUT2D eigenvalue weighted by atomic mass is 15.2. The van der Waals surface area contributed by atoms with Crippen molar-refractivity contribution < 1.29 is 0 Å². The molecule has 2 heterocycles. The van der Waals surface area contributed by atoms with Gasteiger partial charge in [0.15, 0.2) is 0 Å². The van der Waals surface area contributed by atoms with Gasteiger partial charge in [0.25, 0.3) is 0 Å². The van der Waals surface area contributed by atoms with E-state index in [4.69, 9.17) is 5.73 Å². The number of aryl methyl sites for hydroxylation is 1. The van der Waals surface area contributed by atoms with E-state index in [1.54, 1.807) is 4.68 Å². The van der Waals surface area contributed by atoms with Crippen LogP contribution in [0.2, 0.25) is 0 Å². The van der Waals surface area contributed by atoms with Gasteiger partial charge in [-0.05, 0) is 6.92 Å². The van der Waals surface area contributed by atoms with Gasteiger partial charge in [-0.1, -0.05) is 13.8 Å². The van der Waals surface area contributed by atoms with E-state index in [2.05, 4.69) is 33.8 Å². The summed E-state index contributed by atoms with van der Waals surface area (Å²) in [5.41, 5.74) is 8.05. The first-order valence-electron chi connectivity index (χ1n) is 6.71. The Morgan fingerprint density at radius 3 is 2.60 bits per heavy atom. The van der Waals surface area contributed by atoms with Gasteiger partial charge >= 0.3 is 0 Å². The maximum atomic E-state index is 6.00. The number of hydrogen-bond donors (Lipinski definition) is 1. The molecule has 0 aliphatic carbocycles. The summed E-state index contributed by atoms with van der Waals surface area (Å²) < 4.78 is 1.80. The molecule has 6 heteroatoms. The van der Waals surface area contributed by atoms with Crippen molar-refractivity contribution in [2.75, 3.05) is 17.7 Å². The minimum atomic E-state index is 0.253. The van der Waals surface area contributed by atoms with Crippen LogP contribution in [0.1, 0.15) is 36.7 Å². The van der Waals surface area contributed by atoms with E-state index in [0.29, 0.717) is 5.82 Å². The van der Waals surface area contributed by atoms with E-state index in [9.17, 15) is 0 Å². The topological polar surface area (TPSA) is 72.9 Å². The van der Waals surface area contributed by atoms with Crippen molar-refractivity contribution in [3.05, 3.63) is 29.3 Å². The van der Waals surface area contributed by atoms with Gasteiger partial charge in [-0.15, -0.1) is 0 Å². The van der Waals surface area contributed by atoms with Crippen LogP contribution >= 0.6 is 0 Å². The zero-order valence-electron chi connectivity index (χ0n) is 12.8. The average molecular weight is 274 g/mol. The fourth-order valence-electron chi connectivity index (χ4n) is 2.07. The Labute approximate surface area is 119 Å². The summed E-state index contributed by atoms with van der Waals surface area (Å²) >= 11 is 0. The minimum Gasteiger partial charge on any atom is -0.383 e. The molecule has 0 unspecified atom stereocenters. The maximum Gasteiger partial charge on any atom is 0.137 e. The van der Waals surface area contributed by atoms with E-state index in [1.165, 1.54) is 0 Å². The molecule has 20 heavy (non-hydrogen) atoms. The monoisotopic (exact) mass is 274 g/mol. The summed E-state index contributed by atoms with van der Waals surface area (Å²) in [6, 6.07) is 0. The van der Waals surface area contributed by atoms with Crippen LogP contribution < -0.4 is 10.6 Å². The van der Waals surface area contributed by atoms with Crippen LogP contribution in [-0.2, 0) is 13.6 Å². The second kappa shape index (κ2) is 5.48. The Morgan fingerprint density at radius 1 is 1.35 bits per heavy atom. The average Bonchev–Trinajstić information content (AvgIpc) is 2.77. The maximum absolute atomic E-state index is 6.00. The molecule has 108 valence electrons. The zero-order valence-corrected chi connectivity index (χ0v) is 12.8. The van der Waals surface area contributed by atoms with Gasteiger partial charge in [0.05, 0.1) is 6.20 Å². The molecule has 0 aliphatic heterocycles. The van der Waals surface area contributed by atoms with Crippen LogP contribution in [-0.4, -0.2) is 26.8 Å². The smallest absolute Gasteiger partial charge is 0.137 e. The molecular weight excluding hydrogens is 252 g/mol. The summed E-state index contributed by atoms with van der Waals surface area (Å²) in [5, 5.41) is 4.18. The largest absolute Gasteiger partial charge is 0.383 e. The van der Waals surface area contributed by atoms with Gasteiger partial charge in [0, 0.05) is 43.9 Å². The van der Waals surface area contributed by atoms with E-state index in [0.717, 1.165) is 29.3 Å². The summed E-state index contributed by atoms with van der Waals surface area (Å²) in [7, 11) is 3.92. The number of nitrogen functional groups attached to an aromatic ring is 1. The van der Waals surface area contributed by atoms with Crippen molar-refractivity contribution in [3.8, 4) is 0 Å². The Bertz CT molecular complexity index is 602. The molecule has 0 atom stereocenters. The molecular formula is C14H22N6. The van der Waals surface area contributed by atoms with Crippen molar-refractivity contribution in [2.45, 2.75) is 33.2 Å². The lowest BCUT2D eigenvalue weighted by Crippen LogP contribution is -2.21. The summed E-state index contributed by atoms with van der Waals surface area (Å²) in [6.07, 6.45) is 3.86. The first-order chi connectivity index (χ1) is 9.38. The summed E-state index contributed by atoms with van der Waals surface area (Å²) in [6.45, 7) is 6.82. The quantitative estimate of drug-likeness (QED) is 0.921. The molecule has 0 aliphatic rings. The molecule has 0 bridgehead atoms. The third-order valence-corrected chi connectivity index (χ3v) is 3.23. The lowest BCUT2D eigenvalue weighted by molar-refractivity contribution is 0.759. The molecule has 0 radical (unpaired) electrons. The second-order valence-corrected chi connectivity index (χ2v) is 5.45. The molecule has 0 spiro atoms. The Hall–Kier alpha value is -2.11. The van der Waals surface area contributed by atoms with E-state index in [-0.39, 0.29) is 5.92 Å². The lowest BCUT2D eigenvalue weighted by Gasteiger charge is -2.21. The Kier molecular flexibility index (Phi) is 3.92. The number of aromatic nitrogens is 4. The van der Waals surface area contributed by atoms with Crippen molar-refractivity contribution in [1.82, 2.24) is 19.7 Å². The highest BCUT2D eigenvalue weighted by Gasteiger charge is 2.15. The molecule has 0 saturated carbocycles.